The molecule has 1 aromatic rings. The standard InChI is InChI=1S/C29H32N2O8/c1-31(2)22-17-13-15-12-16-14(8-11-28(38)9-4-3-5-10-28)6-7-18(32)20(16)23(33)19(15)25(35)29(17,39)26(36)21(24(22)34)27(30)37/h6-7,15,17,22,32-33,36,38-39H,3-5,9-10,12-13H2,1-2H3,(H2,30,37)/t15-,17-,22-,29-/m0/s1. The number of aliphatic hydroxyl groups excluding tert-OH is 2. The molecule has 1 amide bonds. The Hall–Kier alpha value is -3.65. The van der Waals surface area contributed by atoms with Crippen molar-refractivity contribution in [2.45, 2.75) is 62.2 Å². The zero-order valence-corrected chi connectivity index (χ0v) is 21.8. The summed E-state index contributed by atoms with van der Waals surface area (Å²) in [5.41, 5.74) is 1.41. The monoisotopic (exact) mass is 536 g/mol. The van der Waals surface area contributed by atoms with Gasteiger partial charge in [-0.05, 0) is 76.2 Å². The lowest BCUT2D eigenvalue weighted by atomic mass is 9.57. The predicted molar refractivity (Wildman–Crippen MR) is 139 cm³/mol. The van der Waals surface area contributed by atoms with Gasteiger partial charge >= 0.3 is 0 Å². The molecule has 10 nitrogen and oxygen atoms in total. The van der Waals surface area contributed by atoms with Crippen molar-refractivity contribution in [3.63, 3.8) is 0 Å². The Kier molecular flexibility index (Phi) is 6.37. The number of carbonyl (C=O) groups excluding carboxylic acids is 3. The molecule has 0 aromatic heterocycles. The molecule has 1 aromatic carbocycles. The summed E-state index contributed by atoms with van der Waals surface area (Å²) in [6, 6.07) is 1.78. The van der Waals surface area contributed by atoms with Gasteiger partial charge in [0.05, 0.1) is 11.6 Å². The van der Waals surface area contributed by atoms with Crippen LogP contribution >= 0.6 is 0 Å². The van der Waals surface area contributed by atoms with Crippen LogP contribution in [0.2, 0.25) is 0 Å². The molecule has 5 rings (SSSR count). The largest absolute Gasteiger partial charge is 0.508 e. The minimum atomic E-state index is -2.68. The summed E-state index contributed by atoms with van der Waals surface area (Å²) >= 11 is 0. The van der Waals surface area contributed by atoms with E-state index in [0.717, 1.165) is 19.3 Å². The Balaban J connectivity index is 1.66. The fourth-order valence-electron chi connectivity index (χ4n) is 6.81. The van der Waals surface area contributed by atoms with Gasteiger partial charge in [0.25, 0.3) is 5.91 Å². The summed E-state index contributed by atoms with van der Waals surface area (Å²) in [5.74, 6) is -0.982. The number of phenols is 1. The Labute approximate surface area is 225 Å². The average molecular weight is 537 g/mol. The minimum absolute atomic E-state index is 0.00176. The lowest BCUT2D eigenvalue weighted by Crippen LogP contribution is -2.65. The van der Waals surface area contributed by atoms with Crippen molar-refractivity contribution in [1.82, 2.24) is 4.90 Å². The molecule has 4 aliphatic carbocycles. The minimum Gasteiger partial charge on any atom is -0.508 e. The lowest BCUT2D eigenvalue weighted by Gasteiger charge is -2.50. The number of carbonyl (C=O) groups is 3. The molecule has 0 spiro atoms. The number of hydrogen-bond acceptors (Lipinski definition) is 9. The van der Waals surface area contributed by atoms with Crippen LogP contribution in [0.4, 0.5) is 0 Å². The lowest BCUT2D eigenvalue weighted by molar-refractivity contribution is -0.153. The van der Waals surface area contributed by atoms with Crippen LogP contribution in [0.3, 0.4) is 0 Å². The second-order valence-electron chi connectivity index (χ2n) is 11.3. The van der Waals surface area contributed by atoms with Gasteiger partial charge in [-0.2, -0.15) is 0 Å². The van der Waals surface area contributed by atoms with Gasteiger partial charge in [0.2, 0.25) is 5.78 Å². The number of Topliss-reactive ketones (excluding diaryl/α,β-unsaturated/α-hetero) is 2. The van der Waals surface area contributed by atoms with Crippen LogP contribution in [-0.4, -0.2) is 79.2 Å². The summed E-state index contributed by atoms with van der Waals surface area (Å²) in [5, 5.41) is 55.4. The summed E-state index contributed by atoms with van der Waals surface area (Å²) < 4.78 is 0. The molecule has 0 radical (unpaired) electrons. The van der Waals surface area contributed by atoms with Gasteiger partial charge in [-0.3, -0.25) is 19.3 Å². The zero-order valence-electron chi connectivity index (χ0n) is 21.8. The first-order chi connectivity index (χ1) is 18.3. The number of nitrogens with zero attached hydrogens (tertiary/aromatic N) is 1. The second-order valence-corrected chi connectivity index (χ2v) is 11.3. The van der Waals surface area contributed by atoms with Crippen molar-refractivity contribution < 1.29 is 39.9 Å². The molecule has 0 bridgehead atoms. The second kappa shape index (κ2) is 9.23. The predicted octanol–water partition coefficient (Wildman–Crippen LogP) is 1.01. The highest BCUT2D eigenvalue weighted by atomic mass is 16.3. The normalized spacial score (nSPS) is 29.8. The van der Waals surface area contributed by atoms with E-state index in [0.29, 0.717) is 24.0 Å². The van der Waals surface area contributed by atoms with Crippen LogP contribution in [0.5, 0.6) is 5.75 Å². The Bertz CT molecular complexity index is 1420. The van der Waals surface area contributed by atoms with Crippen LogP contribution in [0.25, 0.3) is 5.76 Å². The van der Waals surface area contributed by atoms with Gasteiger partial charge in [0, 0.05) is 17.1 Å². The highest BCUT2D eigenvalue weighted by Gasteiger charge is 2.64. The molecule has 7 N–H and O–H groups in total. The van der Waals surface area contributed by atoms with E-state index in [-0.39, 0.29) is 29.7 Å². The first-order valence-corrected chi connectivity index (χ1v) is 13.1. The fourth-order valence-corrected chi connectivity index (χ4v) is 6.81. The van der Waals surface area contributed by atoms with E-state index in [1.165, 1.54) is 11.0 Å². The number of fused-ring (bicyclic) bond motifs is 3. The number of aromatic hydroxyl groups is 1. The molecule has 0 saturated heterocycles. The first kappa shape index (κ1) is 26.9. The first-order valence-electron chi connectivity index (χ1n) is 13.1. The number of amides is 1. The molecule has 0 aliphatic heterocycles. The van der Waals surface area contributed by atoms with E-state index in [1.54, 1.807) is 20.2 Å². The van der Waals surface area contributed by atoms with Gasteiger partial charge in [0.1, 0.15) is 28.4 Å². The van der Waals surface area contributed by atoms with Crippen LogP contribution < -0.4 is 5.73 Å². The van der Waals surface area contributed by atoms with E-state index in [2.05, 4.69) is 11.8 Å². The van der Waals surface area contributed by atoms with Crippen LogP contribution in [-0.2, 0) is 20.8 Å². The van der Waals surface area contributed by atoms with Gasteiger partial charge in [0.15, 0.2) is 11.4 Å². The molecular formula is C29H32N2O8. The third-order valence-electron chi connectivity index (χ3n) is 8.71. The maximum Gasteiger partial charge on any atom is 0.255 e. The van der Waals surface area contributed by atoms with Crippen molar-refractivity contribution in [2.75, 3.05) is 14.1 Å². The smallest absolute Gasteiger partial charge is 0.255 e. The van der Waals surface area contributed by atoms with Crippen molar-refractivity contribution in [1.29, 1.82) is 0 Å². The number of rotatable bonds is 2. The molecule has 0 unspecified atom stereocenters. The van der Waals surface area contributed by atoms with Crippen molar-refractivity contribution in [3.8, 4) is 17.6 Å². The molecule has 2 fully saturated rings. The quantitative estimate of drug-likeness (QED) is 0.237. The molecule has 39 heavy (non-hydrogen) atoms. The average Bonchev–Trinajstić information content (AvgIpc) is 2.86. The van der Waals surface area contributed by atoms with E-state index in [9.17, 15) is 39.9 Å². The van der Waals surface area contributed by atoms with Gasteiger partial charge in [-0.15, -0.1) is 0 Å². The molecule has 0 heterocycles. The summed E-state index contributed by atoms with van der Waals surface area (Å²) in [6.45, 7) is 0. The number of benzene rings is 1. The number of primary amides is 1. The van der Waals surface area contributed by atoms with Gasteiger partial charge in [-0.1, -0.05) is 18.3 Å². The zero-order chi connectivity index (χ0) is 28.4. The van der Waals surface area contributed by atoms with E-state index < -0.39 is 63.6 Å². The molecular weight excluding hydrogens is 504 g/mol. The van der Waals surface area contributed by atoms with Gasteiger partial charge in [-0.25, -0.2) is 0 Å². The van der Waals surface area contributed by atoms with Crippen LogP contribution in [0.15, 0.2) is 29.0 Å². The van der Waals surface area contributed by atoms with Crippen molar-refractivity contribution in [3.05, 3.63) is 45.7 Å². The Morgan fingerprint density at radius 3 is 2.36 bits per heavy atom. The highest BCUT2D eigenvalue weighted by Crippen LogP contribution is 2.52. The summed E-state index contributed by atoms with van der Waals surface area (Å²) in [4.78, 5) is 40.6. The number of aliphatic hydroxyl groups is 4. The van der Waals surface area contributed by atoms with E-state index in [1.807, 2.05) is 0 Å². The number of phenolic OH excluding ortho intramolecular Hbond substituents is 1. The summed E-state index contributed by atoms with van der Waals surface area (Å²) in [7, 11) is 3.10. The SMILES string of the molecule is CN(C)[C@@H]1C(=O)C(C(N)=O)=C(O)[C@@]2(O)C(=O)C3=C(O)c4c(O)ccc(C#CC5(O)CCCCC5)c4C[C@H]3C[C@@H]12. The van der Waals surface area contributed by atoms with Crippen molar-refractivity contribution in [2.24, 2.45) is 17.6 Å². The molecule has 10 heteroatoms. The number of likely N-dealkylation sites (N-methyl/N-ethyl adjacent to an activating group) is 1. The van der Waals surface area contributed by atoms with Crippen LogP contribution in [0, 0.1) is 23.7 Å². The Morgan fingerprint density at radius 2 is 1.74 bits per heavy atom. The number of hydrogen-bond donors (Lipinski definition) is 6. The van der Waals surface area contributed by atoms with Gasteiger partial charge < -0.3 is 31.3 Å². The molecule has 4 aliphatic rings. The molecule has 2 saturated carbocycles. The third-order valence-corrected chi connectivity index (χ3v) is 8.71. The van der Waals surface area contributed by atoms with E-state index in [4.69, 9.17) is 5.73 Å². The third kappa shape index (κ3) is 3.95. The number of nitrogens with two attached hydrogens (primary N) is 1. The van der Waals surface area contributed by atoms with E-state index >= 15 is 0 Å². The maximum atomic E-state index is 13.9. The van der Waals surface area contributed by atoms with Crippen molar-refractivity contribution >= 4 is 23.2 Å². The molecule has 4 atom stereocenters. The van der Waals surface area contributed by atoms with Crippen LogP contribution in [0.1, 0.15) is 55.2 Å². The summed E-state index contributed by atoms with van der Waals surface area (Å²) in [6.07, 6.45) is 4.01. The topological polar surface area (TPSA) is 182 Å². The number of ketones is 2. The Morgan fingerprint density at radius 1 is 1.08 bits per heavy atom. The fraction of sp³-hybridized carbons (Fsp3) is 0.483. The molecule has 206 valence electrons. The highest BCUT2D eigenvalue weighted by molar-refractivity contribution is 6.24. The maximum absolute atomic E-state index is 13.9.